The number of hydrogen-bond donors (Lipinski definition) is 0. The van der Waals surface area contributed by atoms with E-state index in [4.69, 9.17) is 4.74 Å². The summed E-state index contributed by atoms with van der Waals surface area (Å²) < 4.78 is 33.5. The Balaban J connectivity index is 1.79. The lowest BCUT2D eigenvalue weighted by Crippen LogP contribution is -2.28. The minimum Gasteiger partial charge on any atom is -0.497 e. The van der Waals surface area contributed by atoms with Crippen molar-refractivity contribution in [2.45, 2.75) is 18.7 Å². The van der Waals surface area contributed by atoms with Crippen molar-refractivity contribution in [2.75, 3.05) is 20.2 Å². The van der Waals surface area contributed by atoms with E-state index in [1.807, 2.05) is 37.3 Å². The predicted molar refractivity (Wildman–Crippen MR) is 117 cm³/mol. The van der Waals surface area contributed by atoms with E-state index in [1.165, 1.54) is 0 Å². The average molecular weight is 462 g/mol. The van der Waals surface area contributed by atoms with Crippen LogP contribution in [-0.4, -0.2) is 32.9 Å². The summed E-state index contributed by atoms with van der Waals surface area (Å²) in [6, 6.07) is 14.6. The Morgan fingerprint density at radius 3 is 2.39 bits per heavy atom. The molecule has 0 amide bonds. The first-order valence-electron chi connectivity index (χ1n) is 9.09. The Labute approximate surface area is 175 Å². The zero-order valence-corrected chi connectivity index (χ0v) is 18.6. The van der Waals surface area contributed by atoms with E-state index in [0.29, 0.717) is 18.0 Å². The zero-order valence-electron chi connectivity index (χ0n) is 16.2. The lowest BCUT2D eigenvalue weighted by molar-refractivity contribution is 0.415. The summed E-state index contributed by atoms with van der Waals surface area (Å²) in [7, 11) is -1.84. The summed E-state index contributed by atoms with van der Waals surface area (Å²) in [5.74, 6) is 1.01. The highest BCUT2D eigenvalue weighted by atomic mass is 79.9. The highest BCUT2D eigenvalue weighted by molar-refractivity contribution is 9.10. The maximum Gasteiger partial charge on any atom is 0.243 e. The molecule has 0 bridgehead atoms. The quantitative estimate of drug-likeness (QED) is 0.619. The molecule has 1 saturated heterocycles. The summed E-state index contributed by atoms with van der Waals surface area (Å²) in [6.07, 6.45) is 4.10. The summed E-state index contributed by atoms with van der Waals surface area (Å²) in [4.78, 5) is 0.329. The maximum absolute atomic E-state index is 13.0. The predicted octanol–water partition coefficient (Wildman–Crippen LogP) is 5.13. The van der Waals surface area contributed by atoms with Crippen LogP contribution in [0, 0.1) is 5.92 Å². The number of methoxy groups -OCH3 is 1. The average Bonchev–Trinajstić information content (AvgIpc) is 3.09. The molecule has 1 aliphatic heterocycles. The number of halogens is 1. The third-order valence-electron chi connectivity index (χ3n) is 5.02. The van der Waals surface area contributed by atoms with Gasteiger partial charge < -0.3 is 4.74 Å². The van der Waals surface area contributed by atoms with Gasteiger partial charge >= 0.3 is 0 Å². The summed E-state index contributed by atoms with van der Waals surface area (Å²) in [6.45, 7) is 5.05. The molecular weight excluding hydrogens is 438 g/mol. The molecule has 1 heterocycles. The number of nitrogens with zero attached hydrogens (tertiary/aromatic N) is 1. The van der Waals surface area contributed by atoms with Crippen molar-refractivity contribution in [3.8, 4) is 5.75 Å². The topological polar surface area (TPSA) is 46.6 Å². The molecule has 3 rings (SSSR count). The van der Waals surface area contributed by atoms with Crippen molar-refractivity contribution < 1.29 is 13.2 Å². The van der Waals surface area contributed by atoms with Gasteiger partial charge in [0.15, 0.2) is 0 Å². The number of rotatable bonds is 5. The molecule has 2 aromatic carbocycles. The van der Waals surface area contributed by atoms with Crippen molar-refractivity contribution in [3.05, 3.63) is 75.8 Å². The van der Waals surface area contributed by atoms with Gasteiger partial charge in [-0.05, 0) is 60.4 Å². The number of hydrogen-bond acceptors (Lipinski definition) is 3. The lowest BCUT2D eigenvalue weighted by atomic mass is 9.99. The van der Waals surface area contributed by atoms with Gasteiger partial charge in [-0.3, -0.25) is 0 Å². The van der Waals surface area contributed by atoms with Crippen LogP contribution in [0.4, 0.5) is 0 Å². The van der Waals surface area contributed by atoms with Crippen molar-refractivity contribution in [1.82, 2.24) is 4.31 Å². The van der Waals surface area contributed by atoms with Crippen LogP contribution in [0.5, 0.6) is 5.75 Å². The minimum atomic E-state index is -3.49. The lowest BCUT2D eigenvalue weighted by Gasteiger charge is -2.15. The zero-order chi connectivity index (χ0) is 20.3. The first-order valence-corrected chi connectivity index (χ1v) is 11.3. The molecule has 6 heteroatoms. The summed E-state index contributed by atoms with van der Waals surface area (Å²) in [5, 5.41) is 0. The number of benzene rings is 2. The number of allylic oxidation sites excluding steroid dienone is 2. The Hall–Kier alpha value is -1.89. The van der Waals surface area contributed by atoms with E-state index >= 15 is 0 Å². The summed E-state index contributed by atoms with van der Waals surface area (Å²) in [5.41, 5.74) is 3.34. The van der Waals surface area contributed by atoms with Crippen LogP contribution in [-0.2, 0) is 10.0 Å². The van der Waals surface area contributed by atoms with Crippen LogP contribution >= 0.6 is 15.9 Å². The summed E-state index contributed by atoms with van der Waals surface area (Å²) >= 11 is 3.35. The van der Waals surface area contributed by atoms with Gasteiger partial charge in [0.25, 0.3) is 0 Å². The molecule has 1 atom stereocenters. The van der Waals surface area contributed by atoms with Gasteiger partial charge in [-0.1, -0.05) is 52.7 Å². The van der Waals surface area contributed by atoms with Crippen LogP contribution < -0.4 is 4.74 Å². The van der Waals surface area contributed by atoms with E-state index < -0.39 is 10.0 Å². The van der Waals surface area contributed by atoms with E-state index in [0.717, 1.165) is 26.9 Å². The molecule has 1 fully saturated rings. The van der Waals surface area contributed by atoms with E-state index in [2.05, 4.69) is 28.9 Å². The molecule has 148 valence electrons. The number of ether oxygens (including phenoxy) is 1. The fraction of sp³-hybridized carbons (Fsp3) is 0.273. The first-order chi connectivity index (χ1) is 13.3. The fourth-order valence-electron chi connectivity index (χ4n) is 3.32. The molecule has 0 saturated carbocycles. The smallest absolute Gasteiger partial charge is 0.243 e. The monoisotopic (exact) mass is 461 g/mol. The molecule has 0 unspecified atom stereocenters. The van der Waals surface area contributed by atoms with Crippen molar-refractivity contribution >= 4 is 32.0 Å². The first kappa shape index (κ1) is 20.8. The third kappa shape index (κ3) is 4.57. The Kier molecular flexibility index (Phi) is 6.43. The molecule has 0 radical (unpaired) electrons. The Morgan fingerprint density at radius 1 is 1.14 bits per heavy atom. The fourth-order valence-corrected chi connectivity index (χ4v) is 5.09. The SMILES string of the molecule is COc1ccc(/C=C/C(C)=C2/CN(S(=O)(=O)c3ccc(Br)cc3)C[C@@H]2C)cc1. The molecule has 28 heavy (non-hydrogen) atoms. The molecule has 4 nitrogen and oxygen atoms in total. The van der Waals surface area contributed by atoms with Crippen LogP contribution in [0.25, 0.3) is 6.08 Å². The largest absolute Gasteiger partial charge is 0.497 e. The second-order valence-corrected chi connectivity index (χ2v) is 9.82. The van der Waals surface area contributed by atoms with Crippen LogP contribution in [0.1, 0.15) is 19.4 Å². The van der Waals surface area contributed by atoms with Gasteiger partial charge in [0.05, 0.1) is 12.0 Å². The van der Waals surface area contributed by atoms with Crippen molar-refractivity contribution in [1.29, 1.82) is 0 Å². The molecule has 0 aromatic heterocycles. The van der Waals surface area contributed by atoms with Gasteiger partial charge in [0.2, 0.25) is 10.0 Å². The third-order valence-corrected chi connectivity index (χ3v) is 7.37. The molecule has 0 aliphatic carbocycles. The molecule has 0 N–H and O–H groups in total. The van der Waals surface area contributed by atoms with Gasteiger partial charge in [0.1, 0.15) is 5.75 Å². The Bertz CT molecular complexity index is 993. The second-order valence-electron chi connectivity index (χ2n) is 6.97. The van der Waals surface area contributed by atoms with Gasteiger partial charge in [-0.15, -0.1) is 0 Å². The normalized spacial score (nSPS) is 19.9. The van der Waals surface area contributed by atoms with Crippen LogP contribution in [0.15, 0.2) is 75.1 Å². The van der Waals surface area contributed by atoms with E-state index in [9.17, 15) is 8.42 Å². The highest BCUT2D eigenvalue weighted by Crippen LogP contribution is 2.31. The van der Waals surface area contributed by atoms with Gasteiger partial charge in [-0.25, -0.2) is 8.42 Å². The maximum atomic E-state index is 13.0. The Morgan fingerprint density at radius 2 is 1.79 bits per heavy atom. The standard InChI is InChI=1S/C22H24BrNO3S/c1-16(4-5-18-6-10-20(27-3)11-7-18)22-15-24(14-17(22)2)28(25,26)21-12-8-19(23)9-13-21/h4-13,17H,14-15H2,1-3H3/b5-4+,22-16-/t17-/m0/s1. The van der Waals surface area contributed by atoms with Crippen LogP contribution in [0.3, 0.4) is 0 Å². The molecular formula is C22H24BrNO3S. The van der Waals surface area contributed by atoms with Gasteiger partial charge in [-0.2, -0.15) is 4.31 Å². The van der Waals surface area contributed by atoms with Crippen LogP contribution in [0.2, 0.25) is 0 Å². The van der Waals surface area contributed by atoms with Gasteiger partial charge in [0, 0.05) is 17.6 Å². The number of sulfonamides is 1. The van der Waals surface area contributed by atoms with Crippen molar-refractivity contribution in [3.63, 3.8) is 0 Å². The second kappa shape index (κ2) is 8.64. The molecule has 1 aliphatic rings. The van der Waals surface area contributed by atoms with Crippen molar-refractivity contribution in [2.24, 2.45) is 5.92 Å². The molecule has 2 aromatic rings. The van der Waals surface area contributed by atoms with E-state index in [-0.39, 0.29) is 5.92 Å². The highest BCUT2D eigenvalue weighted by Gasteiger charge is 2.34. The minimum absolute atomic E-state index is 0.186. The molecule has 0 spiro atoms. The van der Waals surface area contributed by atoms with E-state index in [1.54, 1.807) is 35.7 Å².